The predicted octanol–water partition coefficient (Wildman–Crippen LogP) is 0.602. The molecule has 0 aliphatic heterocycles. The summed E-state index contributed by atoms with van der Waals surface area (Å²) in [4.78, 5) is 21.6. The van der Waals surface area contributed by atoms with Crippen molar-refractivity contribution in [3.05, 3.63) is 29.8 Å². The maximum atomic E-state index is 11.2. The van der Waals surface area contributed by atoms with Crippen molar-refractivity contribution in [1.82, 2.24) is 5.32 Å². The van der Waals surface area contributed by atoms with Crippen molar-refractivity contribution >= 4 is 17.6 Å². The van der Waals surface area contributed by atoms with Gasteiger partial charge in [0.05, 0.1) is 6.54 Å². The van der Waals surface area contributed by atoms with Gasteiger partial charge in [0.25, 0.3) is 0 Å². The van der Waals surface area contributed by atoms with Crippen LogP contribution in [-0.2, 0) is 4.79 Å². The third-order valence-corrected chi connectivity index (χ3v) is 1.73. The summed E-state index contributed by atoms with van der Waals surface area (Å²) in [5.41, 5.74) is 6.65. The Balaban J connectivity index is 2.44. The van der Waals surface area contributed by atoms with E-state index in [9.17, 15) is 9.59 Å². The average Bonchev–Trinajstić information content (AvgIpc) is 2.19. The molecule has 5 heteroatoms. The molecule has 0 fully saturated rings. The van der Waals surface area contributed by atoms with Crippen molar-refractivity contribution in [2.45, 2.75) is 6.92 Å². The Bertz CT molecular complexity index is 359. The standard InChI is InChI=1S/C10H13N3O2/c1-7-2-4-8(5-3-7)13-10(15)12-6-9(11)14/h2-5H,6H2,1H3,(H2,11,14)(H2,12,13,15). The molecule has 1 aromatic carbocycles. The van der Waals surface area contributed by atoms with E-state index in [0.29, 0.717) is 5.69 Å². The van der Waals surface area contributed by atoms with Gasteiger partial charge >= 0.3 is 6.03 Å². The molecule has 0 spiro atoms. The number of carbonyl (C=O) groups is 2. The highest BCUT2D eigenvalue weighted by Gasteiger charge is 2.01. The number of carbonyl (C=O) groups excluding carboxylic acids is 2. The molecular formula is C10H13N3O2. The summed E-state index contributed by atoms with van der Waals surface area (Å²) in [6.45, 7) is 1.79. The molecule has 0 unspecified atom stereocenters. The van der Waals surface area contributed by atoms with Crippen molar-refractivity contribution in [3.8, 4) is 0 Å². The first-order valence-electron chi connectivity index (χ1n) is 4.48. The van der Waals surface area contributed by atoms with Gasteiger partial charge in [-0.25, -0.2) is 4.79 Å². The van der Waals surface area contributed by atoms with Gasteiger partial charge in [-0.3, -0.25) is 4.79 Å². The van der Waals surface area contributed by atoms with Crippen molar-refractivity contribution in [1.29, 1.82) is 0 Å². The van der Waals surface area contributed by atoms with Gasteiger partial charge in [-0.1, -0.05) is 17.7 Å². The number of rotatable bonds is 3. The Morgan fingerprint density at radius 1 is 1.27 bits per heavy atom. The molecule has 0 aliphatic rings. The molecule has 80 valence electrons. The number of primary amides is 1. The summed E-state index contributed by atoms with van der Waals surface area (Å²) >= 11 is 0. The fraction of sp³-hybridized carbons (Fsp3) is 0.200. The van der Waals surface area contributed by atoms with Crippen LogP contribution in [0.3, 0.4) is 0 Å². The number of aryl methyl sites for hydroxylation is 1. The summed E-state index contributed by atoms with van der Waals surface area (Å²) in [7, 11) is 0. The molecule has 3 amide bonds. The summed E-state index contributed by atoms with van der Waals surface area (Å²) in [6.07, 6.45) is 0. The number of hydrogen-bond acceptors (Lipinski definition) is 2. The summed E-state index contributed by atoms with van der Waals surface area (Å²) in [5.74, 6) is -0.575. The minimum Gasteiger partial charge on any atom is -0.368 e. The molecule has 0 aliphatic carbocycles. The molecule has 1 rings (SSSR count). The van der Waals surface area contributed by atoms with Crippen LogP contribution in [0.5, 0.6) is 0 Å². The Morgan fingerprint density at radius 3 is 2.40 bits per heavy atom. The van der Waals surface area contributed by atoms with Crippen molar-refractivity contribution in [3.63, 3.8) is 0 Å². The number of nitrogens with one attached hydrogen (secondary N) is 2. The van der Waals surface area contributed by atoms with Gasteiger partial charge in [-0.2, -0.15) is 0 Å². The SMILES string of the molecule is Cc1ccc(NC(=O)NCC(N)=O)cc1. The zero-order valence-electron chi connectivity index (χ0n) is 8.41. The lowest BCUT2D eigenvalue weighted by atomic mass is 10.2. The summed E-state index contributed by atoms with van der Waals surface area (Å²) in [6, 6.07) is 6.86. The first-order valence-corrected chi connectivity index (χ1v) is 4.48. The number of benzene rings is 1. The lowest BCUT2D eigenvalue weighted by Gasteiger charge is -2.05. The van der Waals surface area contributed by atoms with E-state index in [1.165, 1.54) is 0 Å². The van der Waals surface area contributed by atoms with Crippen LogP contribution in [0.25, 0.3) is 0 Å². The van der Waals surface area contributed by atoms with Crippen molar-refractivity contribution in [2.75, 3.05) is 11.9 Å². The van der Waals surface area contributed by atoms with E-state index in [4.69, 9.17) is 5.73 Å². The van der Waals surface area contributed by atoms with Crippen LogP contribution in [-0.4, -0.2) is 18.5 Å². The second kappa shape index (κ2) is 4.99. The third kappa shape index (κ3) is 4.12. The molecule has 0 bridgehead atoms. The van der Waals surface area contributed by atoms with Crippen LogP contribution >= 0.6 is 0 Å². The van der Waals surface area contributed by atoms with Gasteiger partial charge < -0.3 is 16.4 Å². The van der Waals surface area contributed by atoms with Crippen LogP contribution in [0.4, 0.5) is 10.5 Å². The van der Waals surface area contributed by atoms with E-state index in [0.717, 1.165) is 5.56 Å². The van der Waals surface area contributed by atoms with Gasteiger partial charge in [0.15, 0.2) is 0 Å². The number of urea groups is 1. The minimum absolute atomic E-state index is 0.169. The molecule has 5 nitrogen and oxygen atoms in total. The van der Waals surface area contributed by atoms with Crippen LogP contribution in [0.1, 0.15) is 5.56 Å². The van der Waals surface area contributed by atoms with Gasteiger partial charge in [-0.15, -0.1) is 0 Å². The molecule has 0 saturated heterocycles. The summed E-state index contributed by atoms with van der Waals surface area (Å²) in [5, 5.41) is 4.89. The highest BCUT2D eigenvalue weighted by molar-refractivity contribution is 5.91. The highest BCUT2D eigenvalue weighted by Crippen LogP contribution is 2.07. The van der Waals surface area contributed by atoms with E-state index in [-0.39, 0.29) is 6.54 Å². The smallest absolute Gasteiger partial charge is 0.319 e. The second-order valence-corrected chi connectivity index (χ2v) is 3.14. The molecule has 1 aromatic rings. The normalized spacial score (nSPS) is 9.40. The Hall–Kier alpha value is -2.04. The lowest BCUT2D eigenvalue weighted by molar-refractivity contribution is -0.117. The van der Waals surface area contributed by atoms with Gasteiger partial charge in [0, 0.05) is 5.69 Å². The first-order chi connectivity index (χ1) is 7.08. The number of anilines is 1. The van der Waals surface area contributed by atoms with Crippen LogP contribution in [0.2, 0.25) is 0 Å². The predicted molar refractivity (Wildman–Crippen MR) is 57.4 cm³/mol. The number of nitrogens with two attached hydrogens (primary N) is 1. The molecule has 0 aromatic heterocycles. The average molecular weight is 207 g/mol. The molecular weight excluding hydrogens is 194 g/mol. The lowest BCUT2D eigenvalue weighted by Crippen LogP contribution is -2.36. The Morgan fingerprint density at radius 2 is 1.87 bits per heavy atom. The number of amides is 3. The van der Waals surface area contributed by atoms with Gasteiger partial charge in [-0.05, 0) is 19.1 Å². The molecule has 0 heterocycles. The van der Waals surface area contributed by atoms with Gasteiger partial charge in [0.2, 0.25) is 5.91 Å². The topological polar surface area (TPSA) is 84.2 Å². The largest absolute Gasteiger partial charge is 0.368 e. The van der Waals surface area contributed by atoms with E-state index in [2.05, 4.69) is 10.6 Å². The maximum Gasteiger partial charge on any atom is 0.319 e. The molecule has 0 atom stereocenters. The van der Waals surface area contributed by atoms with E-state index >= 15 is 0 Å². The fourth-order valence-electron chi connectivity index (χ4n) is 0.980. The van der Waals surface area contributed by atoms with Crippen LogP contribution < -0.4 is 16.4 Å². The molecule has 0 radical (unpaired) electrons. The van der Waals surface area contributed by atoms with E-state index in [1.54, 1.807) is 12.1 Å². The van der Waals surface area contributed by atoms with Crippen molar-refractivity contribution < 1.29 is 9.59 Å². The fourth-order valence-corrected chi connectivity index (χ4v) is 0.980. The quantitative estimate of drug-likeness (QED) is 0.678. The second-order valence-electron chi connectivity index (χ2n) is 3.14. The molecule has 15 heavy (non-hydrogen) atoms. The first kappa shape index (κ1) is 11.0. The minimum atomic E-state index is -0.575. The van der Waals surface area contributed by atoms with E-state index < -0.39 is 11.9 Å². The zero-order chi connectivity index (χ0) is 11.3. The maximum absolute atomic E-state index is 11.2. The van der Waals surface area contributed by atoms with Crippen LogP contribution in [0, 0.1) is 6.92 Å². The summed E-state index contributed by atoms with van der Waals surface area (Å²) < 4.78 is 0. The van der Waals surface area contributed by atoms with Crippen molar-refractivity contribution in [2.24, 2.45) is 5.73 Å². The van der Waals surface area contributed by atoms with Gasteiger partial charge in [0.1, 0.15) is 0 Å². The zero-order valence-corrected chi connectivity index (χ0v) is 8.41. The van der Waals surface area contributed by atoms with Crippen LogP contribution in [0.15, 0.2) is 24.3 Å². The number of hydrogen-bond donors (Lipinski definition) is 3. The van der Waals surface area contributed by atoms with E-state index in [1.807, 2.05) is 19.1 Å². The monoisotopic (exact) mass is 207 g/mol. The highest BCUT2D eigenvalue weighted by atomic mass is 16.2. The Kier molecular flexibility index (Phi) is 3.68. The Labute approximate surface area is 87.7 Å². The molecule has 4 N–H and O–H groups in total. The third-order valence-electron chi connectivity index (χ3n) is 1.73. The molecule has 0 saturated carbocycles.